The van der Waals surface area contributed by atoms with E-state index in [1.54, 1.807) is 16.6 Å². The van der Waals surface area contributed by atoms with Gasteiger partial charge in [0.1, 0.15) is 5.69 Å². The first-order valence-electron chi connectivity index (χ1n) is 7.65. The molecule has 122 valence electrons. The number of hydrogen-bond acceptors (Lipinski definition) is 5. The maximum atomic E-state index is 11.1. The number of primary amides is 1. The molecule has 3 aromatic heterocycles. The van der Waals surface area contributed by atoms with Crippen molar-refractivity contribution >= 4 is 23.2 Å². The average molecular weight is 330 g/mol. The molecule has 0 aliphatic heterocycles. The molecule has 0 atom stereocenters. The van der Waals surface area contributed by atoms with Gasteiger partial charge in [0.05, 0.1) is 17.6 Å². The van der Waals surface area contributed by atoms with Gasteiger partial charge >= 0.3 is 0 Å². The molecule has 0 radical (unpaired) electrons. The zero-order valence-electron chi connectivity index (χ0n) is 13.1. The molecule has 1 aromatic carbocycles. The molecule has 0 unspecified atom stereocenters. The molecule has 25 heavy (non-hydrogen) atoms. The van der Waals surface area contributed by atoms with Crippen LogP contribution >= 0.6 is 0 Å². The van der Waals surface area contributed by atoms with Gasteiger partial charge in [0.25, 0.3) is 5.91 Å². The van der Waals surface area contributed by atoms with Crippen LogP contribution < -0.4 is 11.1 Å². The van der Waals surface area contributed by atoms with Gasteiger partial charge in [-0.05, 0) is 24.3 Å². The second-order valence-electron chi connectivity index (χ2n) is 5.40. The fourth-order valence-corrected chi connectivity index (χ4v) is 2.53. The minimum absolute atomic E-state index is 0.208. The largest absolute Gasteiger partial charge is 0.364 e. The lowest BCUT2D eigenvalue weighted by Crippen LogP contribution is -2.12. The molecule has 0 aliphatic rings. The van der Waals surface area contributed by atoms with Crippen molar-refractivity contribution in [2.45, 2.75) is 0 Å². The Labute approximate surface area is 143 Å². The van der Waals surface area contributed by atoms with E-state index in [9.17, 15) is 4.79 Å². The predicted molar refractivity (Wildman–Crippen MR) is 94.5 cm³/mol. The van der Waals surface area contributed by atoms with E-state index in [1.165, 1.54) is 6.20 Å². The Kier molecular flexibility index (Phi) is 3.59. The maximum absolute atomic E-state index is 11.1. The molecule has 0 spiro atoms. The second kappa shape index (κ2) is 6.04. The Morgan fingerprint density at radius 2 is 1.84 bits per heavy atom. The molecule has 0 aliphatic carbocycles. The van der Waals surface area contributed by atoms with Gasteiger partial charge < -0.3 is 11.1 Å². The Hall–Kier alpha value is -3.74. The summed E-state index contributed by atoms with van der Waals surface area (Å²) >= 11 is 0. The van der Waals surface area contributed by atoms with E-state index in [0.717, 1.165) is 16.9 Å². The molecular weight excluding hydrogens is 316 g/mol. The van der Waals surface area contributed by atoms with Crippen LogP contribution in [0.15, 0.2) is 66.9 Å². The van der Waals surface area contributed by atoms with E-state index in [1.807, 2.05) is 48.5 Å². The normalized spacial score (nSPS) is 10.7. The van der Waals surface area contributed by atoms with Crippen molar-refractivity contribution in [3.8, 4) is 11.3 Å². The van der Waals surface area contributed by atoms with Crippen molar-refractivity contribution in [3.63, 3.8) is 0 Å². The van der Waals surface area contributed by atoms with Crippen LogP contribution in [0.25, 0.3) is 16.9 Å². The highest BCUT2D eigenvalue weighted by Crippen LogP contribution is 2.21. The number of rotatable bonds is 4. The number of pyridine rings is 2. The minimum Gasteiger partial charge on any atom is -0.364 e. The standard InChI is InChI=1S/C18H14N6O/c19-17(25)14-10-9-13(11-20-14)21-18-22-16-8-4-7-15(24(16)23-18)12-5-2-1-3-6-12/h1-11H,(H2,19,25)(H,21,23). The predicted octanol–water partition coefficient (Wildman–Crippen LogP) is 2.63. The monoisotopic (exact) mass is 330 g/mol. The molecule has 0 saturated carbocycles. The Bertz CT molecular complexity index is 1040. The Morgan fingerprint density at radius 1 is 1.00 bits per heavy atom. The number of anilines is 2. The average Bonchev–Trinajstić information content (AvgIpc) is 3.05. The molecule has 1 amide bonds. The van der Waals surface area contributed by atoms with Crippen molar-refractivity contribution in [2.75, 3.05) is 5.32 Å². The topological polar surface area (TPSA) is 98.2 Å². The van der Waals surface area contributed by atoms with Crippen molar-refractivity contribution in [1.29, 1.82) is 0 Å². The summed E-state index contributed by atoms with van der Waals surface area (Å²) in [4.78, 5) is 19.5. The lowest BCUT2D eigenvalue weighted by atomic mass is 10.1. The van der Waals surface area contributed by atoms with Crippen LogP contribution in [0.2, 0.25) is 0 Å². The summed E-state index contributed by atoms with van der Waals surface area (Å²) in [5.41, 5.74) is 8.79. The van der Waals surface area contributed by atoms with Crippen molar-refractivity contribution in [2.24, 2.45) is 5.73 Å². The van der Waals surface area contributed by atoms with Crippen molar-refractivity contribution < 1.29 is 4.79 Å². The SMILES string of the molecule is NC(=O)c1ccc(Nc2nc3cccc(-c4ccccc4)n3n2)cn1. The first kappa shape index (κ1) is 14.8. The van der Waals surface area contributed by atoms with Crippen LogP contribution in [0, 0.1) is 0 Å². The summed E-state index contributed by atoms with van der Waals surface area (Å²) in [5, 5.41) is 7.60. The number of hydrogen-bond donors (Lipinski definition) is 2. The molecule has 0 bridgehead atoms. The van der Waals surface area contributed by atoms with Gasteiger partial charge in [0.15, 0.2) is 5.65 Å². The number of nitrogens with two attached hydrogens (primary N) is 1. The van der Waals surface area contributed by atoms with Gasteiger partial charge in [-0.2, -0.15) is 4.98 Å². The highest BCUT2D eigenvalue weighted by Gasteiger charge is 2.09. The van der Waals surface area contributed by atoms with Crippen LogP contribution in [0.3, 0.4) is 0 Å². The highest BCUT2D eigenvalue weighted by molar-refractivity contribution is 5.90. The van der Waals surface area contributed by atoms with Gasteiger partial charge in [-0.1, -0.05) is 36.4 Å². The quantitative estimate of drug-likeness (QED) is 0.599. The Morgan fingerprint density at radius 3 is 2.56 bits per heavy atom. The molecule has 7 nitrogen and oxygen atoms in total. The van der Waals surface area contributed by atoms with Gasteiger partial charge in [0, 0.05) is 5.56 Å². The fourth-order valence-electron chi connectivity index (χ4n) is 2.53. The highest BCUT2D eigenvalue weighted by atomic mass is 16.1. The minimum atomic E-state index is -0.565. The summed E-state index contributed by atoms with van der Waals surface area (Å²) in [6, 6.07) is 19.1. The molecule has 3 N–H and O–H groups in total. The summed E-state index contributed by atoms with van der Waals surface area (Å²) in [6.07, 6.45) is 1.52. The molecule has 4 aromatic rings. The number of amides is 1. The van der Waals surface area contributed by atoms with Crippen LogP contribution in [0.4, 0.5) is 11.6 Å². The second-order valence-corrected chi connectivity index (χ2v) is 5.40. The third-order valence-corrected chi connectivity index (χ3v) is 3.70. The lowest BCUT2D eigenvalue weighted by Gasteiger charge is -2.03. The van der Waals surface area contributed by atoms with Crippen LogP contribution in [-0.2, 0) is 0 Å². The van der Waals surface area contributed by atoms with E-state index in [-0.39, 0.29) is 5.69 Å². The van der Waals surface area contributed by atoms with Crippen molar-refractivity contribution in [3.05, 3.63) is 72.6 Å². The van der Waals surface area contributed by atoms with Gasteiger partial charge in [0.2, 0.25) is 5.95 Å². The number of fused-ring (bicyclic) bond motifs is 1. The fraction of sp³-hybridized carbons (Fsp3) is 0. The van der Waals surface area contributed by atoms with Gasteiger partial charge in [-0.3, -0.25) is 4.79 Å². The Balaban J connectivity index is 1.69. The summed E-state index contributed by atoms with van der Waals surface area (Å²) in [5.74, 6) is -0.123. The van der Waals surface area contributed by atoms with E-state index in [4.69, 9.17) is 5.73 Å². The van der Waals surface area contributed by atoms with Crippen LogP contribution in [0.1, 0.15) is 10.5 Å². The first-order valence-corrected chi connectivity index (χ1v) is 7.65. The lowest BCUT2D eigenvalue weighted by molar-refractivity contribution is 0.0995. The van der Waals surface area contributed by atoms with Gasteiger partial charge in [-0.15, -0.1) is 5.10 Å². The summed E-state index contributed by atoms with van der Waals surface area (Å²) < 4.78 is 1.78. The first-order chi connectivity index (χ1) is 12.2. The van der Waals surface area contributed by atoms with Crippen LogP contribution in [0.5, 0.6) is 0 Å². The summed E-state index contributed by atoms with van der Waals surface area (Å²) in [6.45, 7) is 0. The molecule has 0 fully saturated rings. The third kappa shape index (κ3) is 2.90. The molecule has 0 saturated heterocycles. The number of benzene rings is 1. The van der Waals surface area contributed by atoms with E-state index in [2.05, 4.69) is 20.4 Å². The number of nitrogens with zero attached hydrogens (tertiary/aromatic N) is 4. The van der Waals surface area contributed by atoms with E-state index < -0.39 is 5.91 Å². The zero-order chi connectivity index (χ0) is 17.2. The number of carbonyl (C=O) groups is 1. The number of nitrogens with one attached hydrogen (secondary N) is 1. The van der Waals surface area contributed by atoms with Crippen LogP contribution in [-0.4, -0.2) is 25.5 Å². The molecular formula is C18H14N6O. The molecule has 7 heteroatoms. The van der Waals surface area contributed by atoms with E-state index in [0.29, 0.717) is 11.6 Å². The third-order valence-electron chi connectivity index (χ3n) is 3.70. The number of aromatic nitrogens is 4. The smallest absolute Gasteiger partial charge is 0.267 e. The number of carbonyl (C=O) groups excluding carboxylic acids is 1. The molecule has 4 rings (SSSR count). The van der Waals surface area contributed by atoms with Crippen molar-refractivity contribution in [1.82, 2.24) is 19.6 Å². The van der Waals surface area contributed by atoms with Gasteiger partial charge in [-0.25, -0.2) is 9.50 Å². The summed E-state index contributed by atoms with van der Waals surface area (Å²) in [7, 11) is 0. The molecule has 3 heterocycles. The van der Waals surface area contributed by atoms with E-state index >= 15 is 0 Å². The maximum Gasteiger partial charge on any atom is 0.267 e. The zero-order valence-corrected chi connectivity index (χ0v) is 13.1.